The molecule has 0 radical (unpaired) electrons. The van der Waals surface area contributed by atoms with Gasteiger partial charge < -0.3 is 5.73 Å². The number of benzene rings is 1. The maximum atomic E-state index is 13.2. The maximum absolute atomic E-state index is 13.2. The third-order valence-electron chi connectivity index (χ3n) is 2.71. The fourth-order valence-corrected chi connectivity index (χ4v) is 1.78. The molecule has 1 aliphatic carbocycles. The topological polar surface area (TPSA) is 26.0 Å². The van der Waals surface area contributed by atoms with Crippen LogP contribution in [0.4, 0.5) is 8.78 Å². The minimum absolute atomic E-state index is 0. The second-order valence-corrected chi connectivity index (χ2v) is 3.61. The zero-order valence-corrected chi connectivity index (χ0v) is 8.41. The Hall–Kier alpha value is -0.670. The van der Waals surface area contributed by atoms with Crippen molar-refractivity contribution in [1.82, 2.24) is 0 Å². The summed E-state index contributed by atoms with van der Waals surface area (Å²) in [4.78, 5) is 0. The normalized spacial score (nSPS) is 18.2. The average Bonchev–Trinajstić information content (AvgIpc) is 2.01. The van der Waals surface area contributed by atoms with E-state index in [1.54, 1.807) is 0 Å². The minimum atomic E-state index is -0.755. The van der Waals surface area contributed by atoms with Gasteiger partial charge in [-0.25, -0.2) is 8.78 Å². The van der Waals surface area contributed by atoms with Gasteiger partial charge in [0.25, 0.3) is 0 Å². The Balaban J connectivity index is 0.000000980. The molecule has 1 saturated carbocycles. The van der Waals surface area contributed by atoms with Crippen LogP contribution in [0.15, 0.2) is 18.2 Å². The van der Waals surface area contributed by atoms with E-state index < -0.39 is 17.2 Å². The molecule has 0 saturated heterocycles. The van der Waals surface area contributed by atoms with E-state index in [4.69, 9.17) is 5.73 Å². The summed E-state index contributed by atoms with van der Waals surface area (Å²) in [5.74, 6) is -1.05. The van der Waals surface area contributed by atoms with Crippen LogP contribution < -0.4 is 5.73 Å². The van der Waals surface area contributed by atoms with Crippen LogP contribution in [0.25, 0.3) is 0 Å². The maximum Gasteiger partial charge on any atom is 0.131 e. The molecule has 0 aromatic heterocycles. The molecule has 78 valence electrons. The Kier molecular flexibility index (Phi) is 3.12. The van der Waals surface area contributed by atoms with E-state index in [0.29, 0.717) is 12.8 Å². The predicted octanol–water partition coefficient (Wildman–Crippen LogP) is 2.72. The van der Waals surface area contributed by atoms with E-state index in [1.807, 2.05) is 0 Å². The summed E-state index contributed by atoms with van der Waals surface area (Å²) in [6.45, 7) is 0. The summed E-state index contributed by atoms with van der Waals surface area (Å²) in [6, 6.07) is 3.87. The summed E-state index contributed by atoms with van der Waals surface area (Å²) >= 11 is 0. The zero-order chi connectivity index (χ0) is 9.47. The molecule has 0 amide bonds. The van der Waals surface area contributed by atoms with Gasteiger partial charge in [-0.15, -0.1) is 12.4 Å². The first-order valence-electron chi connectivity index (χ1n) is 4.37. The van der Waals surface area contributed by atoms with Crippen LogP contribution in [0, 0.1) is 11.6 Å². The van der Waals surface area contributed by atoms with Crippen molar-refractivity contribution >= 4 is 12.4 Å². The Morgan fingerprint density at radius 2 is 1.64 bits per heavy atom. The molecule has 0 bridgehead atoms. The van der Waals surface area contributed by atoms with Gasteiger partial charge in [-0.2, -0.15) is 0 Å². The first kappa shape index (κ1) is 11.4. The van der Waals surface area contributed by atoms with E-state index >= 15 is 0 Å². The molecule has 1 aromatic carbocycles. The van der Waals surface area contributed by atoms with Crippen molar-refractivity contribution in [2.75, 3.05) is 0 Å². The number of rotatable bonds is 1. The van der Waals surface area contributed by atoms with Gasteiger partial charge in [0.1, 0.15) is 11.6 Å². The first-order chi connectivity index (χ1) is 6.13. The predicted molar refractivity (Wildman–Crippen MR) is 53.3 cm³/mol. The van der Waals surface area contributed by atoms with E-state index in [1.165, 1.54) is 18.2 Å². The van der Waals surface area contributed by atoms with Crippen LogP contribution in [0.5, 0.6) is 0 Å². The Morgan fingerprint density at radius 1 is 1.14 bits per heavy atom. The standard InChI is InChI=1S/C10H11F2N.ClH/c11-7-3-1-4-8(12)9(7)10(13)5-2-6-10;/h1,3-4H,2,5-6,13H2;1H. The van der Waals surface area contributed by atoms with Crippen LogP contribution in [-0.4, -0.2) is 0 Å². The number of nitrogens with two attached hydrogens (primary N) is 1. The van der Waals surface area contributed by atoms with Crippen molar-refractivity contribution in [3.05, 3.63) is 35.4 Å². The quantitative estimate of drug-likeness (QED) is 0.772. The molecule has 2 rings (SSSR count). The lowest BCUT2D eigenvalue weighted by molar-refractivity contribution is 0.236. The molecule has 0 atom stereocenters. The minimum Gasteiger partial charge on any atom is -0.321 e. The zero-order valence-electron chi connectivity index (χ0n) is 7.59. The van der Waals surface area contributed by atoms with E-state index in [0.717, 1.165) is 6.42 Å². The van der Waals surface area contributed by atoms with Crippen LogP contribution in [0.3, 0.4) is 0 Å². The second kappa shape index (κ2) is 3.83. The van der Waals surface area contributed by atoms with E-state index in [9.17, 15) is 8.78 Å². The lowest BCUT2D eigenvalue weighted by atomic mass is 9.72. The number of halogens is 3. The molecule has 0 heterocycles. The van der Waals surface area contributed by atoms with Gasteiger partial charge in [0.2, 0.25) is 0 Å². The smallest absolute Gasteiger partial charge is 0.131 e. The molecular weight excluding hydrogens is 208 g/mol. The van der Waals surface area contributed by atoms with Gasteiger partial charge in [0.15, 0.2) is 0 Å². The van der Waals surface area contributed by atoms with Crippen LogP contribution >= 0.6 is 12.4 Å². The van der Waals surface area contributed by atoms with Crippen molar-refractivity contribution < 1.29 is 8.78 Å². The molecule has 1 fully saturated rings. The highest BCUT2D eigenvalue weighted by Gasteiger charge is 2.38. The SMILES string of the molecule is Cl.NC1(c2c(F)cccc2F)CCC1. The summed E-state index contributed by atoms with van der Waals surface area (Å²) in [6.07, 6.45) is 2.29. The molecule has 1 aliphatic rings. The molecule has 4 heteroatoms. The van der Waals surface area contributed by atoms with Crippen LogP contribution in [0.2, 0.25) is 0 Å². The Morgan fingerprint density at radius 3 is 2.00 bits per heavy atom. The molecule has 1 nitrogen and oxygen atoms in total. The molecule has 0 aliphatic heterocycles. The molecule has 2 N–H and O–H groups in total. The van der Waals surface area contributed by atoms with Gasteiger partial charge in [-0.1, -0.05) is 6.07 Å². The molecular formula is C10H12ClF2N. The monoisotopic (exact) mass is 219 g/mol. The number of hydrogen-bond donors (Lipinski definition) is 1. The fourth-order valence-electron chi connectivity index (χ4n) is 1.78. The van der Waals surface area contributed by atoms with Crippen molar-refractivity contribution in [1.29, 1.82) is 0 Å². The summed E-state index contributed by atoms with van der Waals surface area (Å²) in [7, 11) is 0. The van der Waals surface area contributed by atoms with Gasteiger partial charge in [-0.05, 0) is 31.4 Å². The van der Waals surface area contributed by atoms with Gasteiger partial charge in [-0.3, -0.25) is 0 Å². The van der Waals surface area contributed by atoms with Crippen LogP contribution in [0.1, 0.15) is 24.8 Å². The van der Waals surface area contributed by atoms with Crippen molar-refractivity contribution in [2.45, 2.75) is 24.8 Å². The molecule has 0 unspecified atom stereocenters. The lowest BCUT2D eigenvalue weighted by Gasteiger charge is -2.38. The molecule has 1 aromatic rings. The van der Waals surface area contributed by atoms with Crippen molar-refractivity contribution in [3.63, 3.8) is 0 Å². The highest BCUT2D eigenvalue weighted by molar-refractivity contribution is 5.85. The highest BCUT2D eigenvalue weighted by Crippen LogP contribution is 2.40. The fraction of sp³-hybridized carbons (Fsp3) is 0.400. The number of hydrogen-bond acceptors (Lipinski definition) is 1. The average molecular weight is 220 g/mol. The largest absolute Gasteiger partial charge is 0.321 e. The van der Waals surface area contributed by atoms with Crippen molar-refractivity contribution in [3.8, 4) is 0 Å². The molecule has 0 spiro atoms. The summed E-state index contributed by atoms with van der Waals surface area (Å²) in [5, 5.41) is 0. The first-order valence-corrected chi connectivity index (χ1v) is 4.37. The lowest BCUT2D eigenvalue weighted by Crippen LogP contribution is -2.44. The van der Waals surface area contributed by atoms with Crippen molar-refractivity contribution in [2.24, 2.45) is 5.73 Å². The summed E-state index contributed by atoms with van der Waals surface area (Å²) < 4.78 is 26.5. The third kappa shape index (κ3) is 1.62. The highest BCUT2D eigenvalue weighted by atomic mass is 35.5. The van der Waals surface area contributed by atoms with E-state index in [2.05, 4.69) is 0 Å². The molecule has 14 heavy (non-hydrogen) atoms. The van der Waals surface area contributed by atoms with Crippen LogP contribution in [-0.2, 0) is 5.54 Å². The Bertz CT molecular complexity index is 317. The second-order valence-electron chi connectivity index (χ2n) is 3.61. The summed E-state index contributed by atoms with van der Waals surface area (Å²) in [5.41, 5.74) is 5.15. The van der Waals surface area contributed by atoms with Gasteiger partial charge >= 0.3 is 0 Å². The Labute approximate surface area is 87.7 Å². The third-order valence-corrected chi connectivity index (χ3v) is 2.71. The van der Waals surface area contributed by atoms with Gasteiger partial charge in [0.05, 0.1) is 0 Å². The van der Waals surface area contributed by atoms with Gasteiger partial charge in [0, 0.05) is 11.1 Å². The van der Waals surface area contributed by atoms with E-state index in [-0.39, 0.29) is 18.0 Å².